The van der Waals surface area contributed by atoms with E-state index in [1.54, 1.807) is 14.2 Å². The summed E-state index contributed by atoms with van der Waals surface area (Å²) >= 11 is 2.04. The number of benzene rings is 1. The molecular weight excluding hydrogens is 435 g/mol. The number of hydrogen-bond acceptors (Lipinski definition) is 4. The number of thioether (sulfide) groups is 1. The number of anilines is 1. The van der Waals surface area contributed by atoms with Crippen LogP contribution in [0.3, 0.4) is 0 Å². The summed E-state index contributed by atoms with van der Waals surface area (Å²) in [7, 11) is 3.49. The second-order valence-electron chi connectivity index (χ2n) is 5.69. The van der Waals surface area contributed by atoms with E-state index in [4.69, 9.17) is 4.74 Å². The Morgan fingerprint density at radius 2 is 1.96 bits per heavy atom. The molecule has 0 spiro atoms. The Balaban J connectivity index is 0.00000288. The van der Waals surface area contributed by atoms with Gasteiger partial charge in [-0.3, -0.25) is 4.99 Å². The molecule has 2 rings (SSSR count). The Labute approximate surface area is 167 Å². The van der Waals surface area contributed by atoms with Crippen LogP contribution < -0.4 is 15.5 Å². The first-order chi connectivity index (χ1) is 11.2. The first-order valence-electron chi connectivity index (χ1n) is 8.10. The van der Waals surface area contributed by atoms with Crippen molar-refractivity contribution in [2.45, 2.75) is 19.5 Å². The number of nitrogens with zero attached hydrogens (tertiary/aromatic N) is 2. The zero-order valence-corrected chi connectivity index (χ0v) is 17.9. The molecule has 0 saturated carbocycles. The zero-order chi connectivity index (χ0) is 16.5. The molecule has 0 aromatic heterocycles. The van der Waals surface area contributed by atoms with Gasteiger partial charge in [-0.2, -0.15) is 11.8 Å². The average molecular weight is 464 g/mol. The van der Waals surface area contributed by atoms with E-state index < -0.39 is 0 Å². The number of aliphatic imine (C=N–C) groups is 1. The zero-order valence-electron chi connectivity index (χ0n) is 14.7. The first-order valence-corrected chi connectivity index (χ1v) is 9.26. The van der Waals surface area contributed by atoms with Gasteiger partial charge in [0.05, 0.1) is 6.61 Å². The maximum atomic E-state index is 5.13. The summed E-state index contributed by atoms with van der Waals surface area (Å²) in [6.07, 6.45) is 0. The minimum atomic E-state index is 0. The van der Waals surface area contributed by atoms with Crippen LogP contribution in [-0.4, -0.2) is 57.4 Å². The fourth-order valence-electron chi connectivity index (χ4n) is 2.55. The van der Waals surface area contributed by atoms with Gasteiger partial charge in [0, 0.05) is 57.0 Å². The molecule has 0 radical (unpaired) electrons. The maximum Gasteiger partial charge on any atom is 0.191 e. The highest BCUT2D eigenvalue weighted by Gasteiger charge is 2.11. The van der Waals surface area contributed by atoms with Crippen LogP contribution in [0.15, 0.2) is 29.3 Å². The lowest BCUT2D eigenvalue weighted by Gasteiger charge is -2.28. The van der Waals surface area contributed by atoms with Crippen LogP contribution in [0.25, 0.3) is 0 Å². The predicted octanol–water partition coefficient (Wildman–Crippen LogP) is 2.56. The molecule has 2 N–H and O–H groups in total. The highest BCUT2D eigenvalue weighted by atomic mass is 127. The van der Waals surface area contributed by atoms with Crippen LogP contribution in [0.5, 0.6) is 0 Å². The molecule has 1 heterocycles. The predicted molar refractivity (Wildman–Crippen MR) is 116 cm³/mol. The summed E-state index contributed by atoms with van der Waals surface area (Å²) in [5.74, 6) is 3.25. The molecule has 1 aliphatic rings. The van der Waals surface area contributed by atoms with Gasteiger partial charge >= 0.3 is 0 Å². The van der Waals surface area contributed by atoms with E-state index in [1.807, 2.05) is 11.8 Å². The quantitative estimate of drug-likeness (QED) is 0.385. The summed E-state index contributed by atoms with van der Waals surface area (Å²) in [4.78, 5) is 6.70. The van der Waals surface area contributed by atoms with Gasteiger partial charge in [0.15, 0.2) is 5.96 Å². The second-order valence-corrected chi connectivity index (χ2v) is 6.92. The van der Waals surface area contributed by atoms with Gasteiger partial charge in [0.25, 0.3) is 0 Å². The number of guanidine groups is 1. The lowest BCUT2D eigenvalue weighted by molar-refractivity contribution is 0.179. The molecule has 1 aromatic rings. The van der Waals surface area contributed by atoms with Crippen LogP contribution in [-0.2, 0) is 11.3 Å². The molecule has 136 valence electrons. The molecule has 0 aliphatic carbocycles. The summed E-state index contributed by atoms with van der Waals surface area (Å²) in [5.41, 5.74) is 2.58. The molecule has 1 unspecified atom stereocenters. The largest absolute Gasteiger partial charge is 0.383 e. The standard InChI is InChI=1S/C17H28N4OS.HI/c1-14(13-22-3)20-17(18-2)19-12-15-4-6-16(7-5-15)21-8-10-23-11-9-21;/h4-7,14H,8-13H2,1-3H3,(H2,18,19,20);1H. The van der Waals surface area contributed by atoms with Gasteiger partial charge in [-0.1, -0.05) is 12.1 Å². The number of nitrogens with one attached hydrogen (secondary N) is 2. The number of hydrogen-bond donors (Lipinski definition) is 2. The van der Waals surface area contributed by atoms with Crippen molar-refractivity contribution in [2.75, 3.05) is 50.3 Å². The van der Waals surface area contributed by atoms with Crippen LogP contribution in [0.4, 0.5) is 5.69 Å². The third-order valence-electron chi connectivity index (χ3n) is 3.80. The van der Waals surface area contributed by atoms with E-state index in [0.717, 1.165) is 25.6 Å². The van der Waals surface area contributed by atoms with Gasteiger partial charge in [-0.05, 0) is 24.6 Å². The van der Waals surface area contributed by atoms with Gasteiger partial charge in [0.2, 0.25) is 0 Å². The Hall–Kier alpha value is -0.670. The molecule has 0 amide bonds. The summed E-state index contributed by atoms with van der Waals surface area (Å²) < 4.78 is 5.13. The highest BCUT2D eigenvalue weighted by Crippen LogP contribution is 2.19. The van der Waals surface area contributed by atoms with Gasteiger partial charge in [-0.25, -0.2) is 0 Å². The Morgan fingerprint density at radius 3 is 2.54 bits per heavy atom. The normalized spacial score (nSPS) is 16.3. The molecule has 5 nitrogen and oxygen atoms in total. The smallest absolute Gasteiger partial charge is 0.191 e. The fourth-order valence-corrected chi connectivity index (χ4v) is 3.45. The molecule has 1 saturated heterocycles. The van der Waals surface area contributed by atoms with E-state index in [0.29, 0.717) is 6.61 Å². The van der Waals surface area contributed by atoms with E-state index in [9.17, 15) is 0 Å². The summed E-state index contributed by atoms with van der Waals surface area (Å²) in [6.45, 7) is 5.79. The maximum absolute atomic E-state index is 5.13. The third-order valence-corrected chi connectivity index (χ3v) is 4.74. The van der Waals surface area contributed by atoms with Crippen molar-refractivity contribution in [1.82, 2.24) is 10.6 Å². The number of methoxy groups -OCH3 is 1. The number of rotatable bonds is 6. The molecule has 1 atom stereocenters. The Kier molecular flexibility index (Phi) is 10.5. The van der Waals surface area contributed by atoms with Gasteiger partial charge < -0.3 is 20.3 Å². The lowest BCUT2D eigenvalue weighted by Crippen LogP contribution is -2.43. The Morgan fingerprint density at radius 1 is 1.29 bits per heavy atom. The molecule has 24 heavy (non-hydrogen) atoms. The van der Waals surface area contributed by atoms with Crippen molar-refractivity contribution >= 4 is 47.4 Å². The van der Waals surface area contributed by atoms with Crippen molar-refractivity contribution in [3.8, 4) is 0 Å². The van der Waals surface area contributed by atoms with Crippen molar-refractivity contribution in [3.05, 3.63) is 29.8 Å². The van der Waals surface area contributed by atoms with Crippen molar-refractivity contribution in [2.24, 2.45) is 4.99 Å². The van der Waals surface area contributed by atoms with Crippen molar-refractivity contribution < 1.29 is 4.74 Å². The van der Waals surface area contributed by atoms with E-state index >= 15 is 0 Å². The van der Waals surface area contributed by atoms with Crippen LogP contribution >= 0.6 is 35.7 Å². The third kappa shape index (κ3) is 7.06. The van der Waals surface area contributed by atoms with Gasteiger partial charge in [-0.15, -0.1) is 24.0 Å². The minimum Gasteiger partial charge on any atom is -0.383 e. The van der Waals surface area contributed by atoms with Gasteiger partial charge in [0.1, 0.15) is 0 Å². The molecule has 1 aliphatic heterocycles. The number of ether oxygens (including phenoxy) is 1. The number of halogens is 1. The molecular formula is C17H29IN4OS. The minimum absolute atomic E-state index is 0. The van der Waals surface area contributed by atoms with E-state index in [-0.39, 0.29) is 30.0 Å². The monoisotopic (exact) mass is 464 g/mol. The van der Waals surface area contributed by atoms with Crippen molar-refractivity contribution in [3.63, 3.8) is 0 Å². The second kappa shape index (κ2) is 11.8. The highest BCUT2D eigenvalue weighted by molar-refractivity contribution is 14.0. The SMILES string of the molecule is CN=C(NCc1ccc(N2CCSCC2)cc1)NC(C)COC.I. The van der Waals surface area contributed by atoms with Crippen LogP contribution in [0.1, 0.15) is 12.5 Å². The molecule has 7 heteroatoms. The summed E-state index contributed by atoms with van der Waals surface area (Å²) in [6, 6.07) is 9.05. The van der Waals surface area contributed by atoms with E-state index in [1.165, 1.54) is 22.8 Å². The molecule has 1 aromatic carbocycles. The lowest BCUT2D eigenvalue weighted by atomic mass is 10.2. The molecule has 1 fully saturated rings. The van der Waals surface area contributed by atoms with Crippen LogP contribution in [0, 0.1) is 0 Å². The average Bonchev–Trinajstić information content (AvgIpc) is 2.60. The van der Waals surface area contributed by atoms with E-state index in [2.05, 4.69) is 51.7 Å². The fraction of sp³-hybridized carbons (Fsp3) is 0.588. The van der Waals surface area contributed by atoms with Crippen LogP contribution in [0.2, 0.25) is 0 Å². The topological polar surface area (TPSA) is 48.9 Å². The first kappa shape index (κ1) is 21.4. The summed E-state index contributed by atoms with van der Waals surface area (Å²) in [5, 5.41) is 6.64. The van der Waals surface area contributed by atoms with Crippen molar-refractivity contribution in [1.29, 1.82) is 0 Å². The Bertz CT molecular complexity index is 492. The molecule has 0 bridgehead atoms.